The predicted octanol–water partition coefficient (Wildman–Crippen LogP) is 3.68. The van der Waals surface area contributed by atoms with Crippen molar-refractivity contribution in [3.63, 3.8) is 0 Å². The number of methoxy groups -OCH3 is 1. The number of nitrogens with zero attached hydrogens (tertiary/aromatic N) is 1. The summed E-state index contributed by atoms with van der Waals surface area (Å²) in [5.41, 5.74) is 1.61. The molecule has 1 amide bonds. The number of aromatic nitrogens is 1. The van der Waals surface area contributed by atoms with E-state index >= 15 is 0 Å². The number of fused-ring (bicyclic) bond motifs is 1. The Labute approximate surface area is 159 Å². The molecule has 0 radical (unpaired) electrons. The van der Waals surface area contributed by atoms with Gasteiger partial charge in [-0.25, -0.2) is 13.4 Å². The summed E-state index contributed by atoms with van der Waals surface area (Å²) in [5, 5.41) is 3.46. The molecule has 0 bridgehead atoms. The third-order valence-electron chi connectivity index (χ3n) is 3.64. The van der Waals surface area contributed by atoms with Crippen LogP contribution in [0.3, 0.4) is 0 Å². The standard InChI is InChI=1S/C17H15ClN2O4S2/c1-10-7-11(18)8-14-16(10)20-17(25-14)19-15(21)9-26(22,23)13-5-3-12(24-2)4-6-13/h3-8H,9H2,1-2H3,(H,19,20,21). The van der Waals surface area contributed by atoms with Gasteiger partial charge in [0, 0.05) is 5.02 Å². The predicted molar refractivity (Wildman–Crippen MR) is 103 cm³/mol. The Kier molecular flexibility index (Phi) is 5.17. The molecule has 2 aromatic carbocycles. The number of hydrogen-bond donors (Lipinski definition) is 1. The molecule has 0 aliphatic heterocycles. The Morgan fingerprint density at radius 2 is 1.96 bits per heavy atom. The van der Waals surface area contributed by atoms with Crippen LogP contribution in [0.5, 0.6) is 5.75 Å². The van der Waals surface area contributed by atoms with Crippen molar-refractivity contribution in [2.24, 2.45) is 0 Å². The van der Waals surface area contributed by atoms with E-state index in [9.17, 15) is 13.2 Å². The second kappa shape index (κ2) is 7.22. The van der Waals surface area contributed by atoms with Gasteiger partial charge in [0.05, 0.1) is 22.2 Å². The number of benzene rings is 2. The molecule has 0 aliphatic rings. The van der Waals surface area contributed by atoms with Gasteiger partial charge in [-0.1, -0.05) is 22.9 Å². The number of hydrogen-bond acceptors (Lipinski definition) is 6. The number of thiazole rings is 1. The molecule has 136 valence electrons. The highest BCUT2D eigenvalue weighted by Crippen LogP contribution is 2.31. The minimum Gasteiger partial charge on any atom is -0.497 e. The molecular weight excluding hydrogens is 396 g/mol. The van der Waals surface area contributed by atoms with E-state index in [2.05, 4.69) is 10.3 Å². The van der Waals surface area contributed by atoms with E-state index in [0.29, 0.717) is 15.9 Å². The summed E-state index contributed by atoms with van der Waals surface area (Å²) in [5.74, 6) is -0.782. The van der Waals surface area contributed by atoms with Gasteiger partial charge < -0.3 is 10.1 Å². The summed E-state index contributed by atoms with van der Waals surface area (Å²) in [4.78, 5) is 16.6. The lowest BCUT2D eigenvalue weighted by Crippen LogP contribution is -2.22. The van der Waals surface area contributed by atoms with Crippen LogP contribution in [-0.4, -0.2) is 32.2 Å². The molecule has 26 heavy (non-hydrogen) atoms. The van der Waals surface area contributed by atoms with Crippen molar-refractivity contribution < 1.29 is 17.9 Å². The number of halogens is 1. The maximum atomic E-state index is 12.4. The third-order valence-corrected chi connectivity index (χ3v) is 6.40. The molecule has 0 atom stereocenters. The molecule has 1 heterocycles. The average Bonchev–Trinajstić information content (AvgIpc) is 2.96. The van der Waals surface area contributed by atoms with Gasteiger partial charge in [-0.05, 0) is 48.9 Å². The molecular formula is C17H15ClN2O4S2. The van der Waals surface area contributed by atoms with E-state index in [-0.39, 0.29) is 4.90 Å². The second-order valence-electron chi connectivity index (χ2n) is 5.57. The van der Waals surface area contributed by atoms with Gasteiger partial charge in [0.15, 0.2) is 15.0 Å². The first-order valence-corrected chi connectivity index (χ1v) is 10.4. The lowest BCUT2D eigenvalue weighted by molar-refractivity contribution is -0.113. The van der Waals surface area contributed by atoms with Crippen LogP contribution in [0.4, 0.5) is 5.13 Å². The van der Waals surface area contributed by atoms with E-state index in [1.54, 1.807) is 12.1 Å². The van der Waals surface area contributed by atoms with E-state index in [1.165, 1.54) is 42.7 Å². The van der Waals surface area contributed by atoms with E-state index in [4.69, 9.17) is 16.3 Å². The number of rotatable bonds is 5. The summed E-state index contributed by atoms with van der Waals surface area (Å²) >= 11 is 7.26. The summed E-state index contributed by atoms with van der Waals surface area (Å²) < 4.78 is 30.6. The first-order valence-electron chi connectivity index (χ1n) is 7.52. The second-order valence-corrected chi connectivity index (χ2v) is 9.03. The summed E-state index contributed by atoms with van der Waals surface area (Å²) in [6.07, 6.45) is 0. The van der Waals surface area contributed by atoms with Crippen molar-refractivity contribution in [3.8, 4) is 5.75 Å². The van der Waals surface area contributed by atoms with Crippen LogP contribution < -0.4 is 10.1 Å². The number of sulfone groups is 1. The summed E-state index contributed by atoms with van der Waals surface area (Å²) in [6.45, 7) is 1.87. The van der Waals surface area contributed by atoms with Gasteiger partial charge >= 0.3 is 0 Å². The van der Waals surface area contributed by atoms with Crippen molar-refractivity contribution in [3.05, 3.63) is 47.0 Å². The highest BCUT2D eigenvalue weighted by atomic mass is 35.5. The maximum absolute atomic E-state index is 12.4. The molecule has 6 nitrogen and oxygen atoms in total. The number of anilines is 1. The van der Waals surface area contributed by atoms with Crippen LogP contribution in [0.25, 0.3) is 10.2 Å². The van der Waals surface area contributed by atoms with E-state index < -0.39 is 21.5 Å². The summed E-state index contributed by atoms with van der Waals surface area (Å²) in [7, 11) is -2.27. The van der Waals surface area contributed by atoms with Gasteiger partial charge in [-0.2, -0.15) is 0 Å². The Morgan fingerprint density at radius 3 is 2.62 bits per heavy atom. The Bertz CT molecular complexity index is 1080. The van der Waals surface area contributed by atoms with Crippen LogP contribution >= 0.6 is 22.9 Å². The highest BCUT2D eigenvalue weighted by Gasteiger charge is 2.20. The largest absolute Gasteiger partial charge is 0.497 e. The fraction of sp³-hybridized carbons (Fsp3) is 0.176. The minimum atomic E-state index is -3.76. The van der Waals surface area contributed by atoms with Crippen LogP contribution in [0.1, 0.15) is 5.56 Å². The molecule has 0 saturated carbocycles. The Morgan fingerprint density at radius 1 is 1.27 bits per heavy atom. The van der Waals surface area contributed by atoms with Crippen LogP contribution in [0, 0.1) is 6.92 Å². The monoisotopic (exact) mass is 410 g/mol. The SMILES string of the molecule is COc1ccc(S(=O)(=O)CC(=O)Nc2nc3c(C)cc(Cl)cc3s2)cc1. The van der Waals surface area contributed by atoms with Gasteiger partial charge in [0.1, 0.15) is 11.5 Å². The number of aryl methyl sites for hydroxylation is 1. The zero-order valence-corrected chi connectivity index (χ0v) is 16.3. The quantitative estimate of drug-likeness (QED) is 0.693. The first-order chi connectivity index (χ1) is 12.3. The minimum absolute atomic E-state index is 0.0559. The lowest BCUT2D eigenvalue weighted by Gasteiger charge is -2.05. The first kappa shape index (κ1) is 18.6. The number of carbonyl (C=O) groups excluding carboxylic acids is 1. The van der Waals surface area contributed by atoms with E-state index in [1.807, 2.05) is 6.92 Å². The molecule has 0 aliphatic carbocycles. The molecule has 3 aromatic rings. The molecule has 3 rings (SSSR count). The number of nitrogens with one attached hydrogen (secondary N) is 1. The van der Waals surface area contributed by atoms with Gasteiger partial charge in [-0.3, -0.25) is 4.79 Å². The zero-order valence-electron chi connectivity index (χ0n) is 13.9. The fourth-order valence-corrected chi connectivity index (χ4v) is 4.87. The zero-order chi connectivity index (χ0) is 18.9. The van der Waals surface area contributed by atoms with Crippen molar-refractivity contribution >= 4 is 54.0 Å². The molecule has 1 aromatic heterocycles. The Hall–Kier alpha value is -2.16. The molecule has 0 unspecified atom stereocenters. The third kappa shape index (κ3) is 3.98. The topological polar surface area (TPSA) is 85.4 Å². The van der Waals surface area contributed by atoms with Crippen molar-refractivity contribution in [2.45, 2.75) is 11.8 Å². The van der Waals surface area contributed by atoms with E-state index in [0.717, 1.165) is 15.8 Å². The van der Waals surface area contributed by atoms with Gasteiger partial charge in [0.25, 0.3) is 0 Å². The van der Waals surface area contributed by atoms with Crippen LogP contribution in [-0.2, 0) is 14.6 Å². The molecule has 1 N–H and O–H groups in total. The molecule has 0 fully saturated rings. The van der Waals surface area contributed by atoms with Gasteiger partial charge in [0.2, 0.25) is 5.91 Å². The van der Waals surface area contributed by atoms with Crippen molar-refractivity contribution in [1.82, 2.24) is 4.98 Å². The van der Waals surface area contributed by atoms with Crippen molar-refractivity contribution in [2.75, 3.05) is 18.2 Å². The van der Waals surface area contributed by atoms with Crippen molar-refractivity contribution in [1.29, 1.82) is 0 Å². The van der Waals surface area contributed by atoms with Crippen LogP contribution in [0.15, 0.2) is 41.3 Å². The normalized spacial score (nSPS) is 11.5. The number of carbonyl (C=O) groups is 1. The highest BCUT2D eigenvalue weighted by molar-refractivity contribution is 7.92. The molecule has 0 spiro atoms. The number of ether oxygens (including phenoxy) is 1. The maximum Gasteiger partial charge on any atom is 0.241 e. The van der Waals surface area contributed by atoms with Gasteiger partial charge in [-0.15, -0.1) is 0 Å². The lowest BCUT2D eigenvalue weighted by atomic mass is 10.2. The smallest absolute Gasteiger partial charge is 0.241 e. The Balaban J connectivity index is 1.76. The fourth-order valence-electron chi connectivity index (χ4n) is 2.40. The molecule has 0 saturated heterocycles. The summed E-state index contributed by atoms with van der Waals surface area (Å²) in [6, 6.07) is 9.42. The number of amides is 1. The van der Waals surface area contributed by atoms with Crippen LogP contribution in [0.2, 0.25) is 5.02 Å². The molecule has 9 heteroatoms. The average molecular weight is 411 g/mol.